The van der Waals surface area contributed by atoms with E-state index in [0.29, 0.717) is 4.68 Å². The van der Waals surface area contributed by atoms with Gasteiger partial charge in [-0.2, -0.15) is 13.8 Å². The summed E-state index contributed by atoms with van der Waals surface area (Å²) < 4.78 is 89.6. The Morgan fingerprint density at radius 1 is 1.26 bits per heavy atom. The molecule has 124 valence electrons. The molecule has 0 spiro atoms. The zero-order chi connectivity index (χ0) is 16.9. The Labute approximate surface area is 126 Å². The minimum Gasteiger partial charge on any atom is -0.239 e. The molecule has 0 bridgehead atoms. The second-order valence-corrected chi connectivity index (χ2v) is 6.68. The fraction of sp³-hybridized carbons (Fsp3) is 0.333. The molecule has 2 aromatic rings. The van der Waals surface area contributed by atoms with Crippen LogP contribution in [0.25, 0.3) is 0 Å². The molecule has 2 atom stereocenters. The van der Waals surface area contributed by atoms with Crippen molar-refractivity contribution in [3.05, 3.63) is 41.2 Å². The summed E-state index contributed by atoms with van der Waals surface area (Å²) in [5, 5.41) is 2.13. The molecule has 1 aromatic heterocycles. The molecular weight excluding hydrogens is 345 g/mol. The molecule has 2 heterocycles. The number of aromatic nitrogens is 3. The summed E-state index contributed by atoms with van der Waals surface area (Å²) in [4.78, 5) is 3.29. The standard InChI is InChI=1S/C12H8F5N3O2S/c13-6-3-1-2-5(9(6)15)8-4-7(14)10-18-12(19-20(8)10)23(21,22)11(16)17/h1-3,7-8,11H,4H2/t7-,8-/m0/s1. The average molecular weight is 353 g/mol. The Bertz CT molecular complexity index is 868. The van der Waals surface area contributed by atoms with E-state index in [2.05, 4.69) is 10.1 Å². The first-order chi connectivity index (χ1) is 10.7. The number of benzene rings is 1. The number of halogens is 5. The lowest BCUT2D eigenvalue weighted by molar-refractivity contribution is 0.233. The van der Waals surface area contributed by atoms with Crippen molar-refractivity contribution < 1.29 is 30.4 Å². The summed E-state index contributed by atoms with van der Waals surface area (Å²) >= 11 is 0. The van der Waals surface area contributed by atoms with Gasteiger partial charge in [0.1, 0.15) is 0 Å². The molecule has 0 saturated heterocycles. The number of rotatable bonds is 3. The lowest BCUT2D eigenvalue weighted by Crippen LogP contribution is -2.15. The van der Waals surface area contributed by atoms with Crippen LogP contribution < -0.4 is 0 Å². The van der Waals surface area contributed by atoms with E-state index in [1.54, 1.807) is 0 Å². The molecule has 5 nitrogen and oxygen atoms in total. The van der Waals surface area contributed by atoms with Crippen molar-refractivity contribution >= 4 is 9.84 Å². The number of hydrogen-bond donors (Lipinski definition) is 0. The van der Waals surface area contributed by atoms with Gasteiger partial charge in [0.2, 0.25) is 0 Å². The third kappa shape index (κ3) is 2.38. The fourth-order valence-corrected chi connectivity index (χ4v) is 2.98. The highest BCUT2D eigenvalue weighted by atomic mass is 32.2. The Morgan fingerprint density at radius 3 is 2.61 bits per heavy atom. The zero-order valence-electron chi connectivity index (χ0n) is 11.1. The van der Waals surface area contributed by atoms with Gasteiger partial charge in [0, 0.05) is 12.0 Å². The molecule has 0 fully saturated rings. The van der Waals surface area contributed by atoms with Gasteiger partial charge in [0.25, 0.3) is 15.0 Å². The molecule has 1 aliphatic heterocycles. The van der Waals surface area contributed by atoms with E-state index in [-0.39, 0.29) is 12.0 Å². The summed E-state index contributed by atoms with van der Waals surface area (Å²) in [7, 11) is -5.11. The predicted octanol–water partition coefficient (Wildman–Crippen LogP) is 2.56. The predicted molar refractivity (Wildman–Crippen MR) is 66.2 cm³/mol. The summed E-state index contributed by atoms with van der Waals surface area (Å²) in [6, 6.07) is 2.04. The van der Waals surface area contributed by atoms with Crippen LogP contribution in [0.3, 0.4) is 0 Å². The van der Waals surface area contributed by atoms with Crippen molar-refractivity contribution in [2.24, 2.45) is 0 Å². The van der Waals surface area contributed by atoms with Gasteiger partial charge < -0.3 is 0 Å². The van der Waals surface area contributed by atoms with Crippen LogP contribution >= 0.6 is 0 Å². The van der Waals surface area contributed by atoms with E-state index >= 15 is 0 Å². The third-order valence-electron chi connectivity index (χ3n) is 3.47. The van der Waals surface area contributed by atoms with Gasteiger partial charge in [0.05, 0.1) is 6.04 Å². The molecule has 0 radical (unpaired) electrons. The number of nitrogens with zero attached hydrogens (tertiary/aromatic N) is 3. The van der Waals surface area contributed by atoms with Crippen LogP contribution in [0, 0.1) is 11.6 Å². The van der Waals surface area contributed by atoms with Crippen LogP contribution in [0.1, 0.15) is 30.0 Å². The maximum atomic E-state index is 14.0. The van der Waals surface area contributed by atoms with E-state index in [9.17, 15) is 30.4 Å². The molecule has 0 aliphatic carbocycles. The van der Waals surface area contributed by atoms with Crippen molar-refractivity contribution in [1.82, 2.24) is 14.8 Å². The fourth-order valence-electron chi connectivity index (χ4n) is 2.40. The molecular formula is C12H8F5N3O2S. The molecule has 1 aliphatic rings. The second-order valence-electron chi connectivity index (χ2n) is 4.86. The van der Waals surface area contributed by atoms with Gasteiger partial charge in [0.15, 0.2) is 23.6 Å². The van der Waals surface area contributed by atoms with Crippen LogP contribution in [0.2, 0.25) is 0 Å². The average Bonchev–Trinajstić information content (AvgIpc) is 3.04. The van der Waals surface area contributed by atoms with Crippen molar-refractivity contribution in [2.75, 3.05) is 0 Å². The highest BCUT2D eigenvalue weighted by Crippen LogP contribution is 2.41. The number of hydrogen-bond acceptors (Lipinski definition) is 4. The highest BCUT2D eigenvalue weighted by molar-refractivity contribution is 7.91. The van der Waals surface area contributed by atoms with Gasteiger partial charge in [-0.05, 0) is 6.07 Å². The van der Waals surface area contributed by atoms with E-state index in [1.807, 2.05) is 0 Å². The first kappa shape index (κ1) is 15.8. The highest BCUT2D eigenvalue weighted by Gasteiger charge is 2.41. The molecule has 0 amide bonds. The van der Waals surface area contributed by atoms with Crippen LogP contribution in [0.15, 0.2) is 23.4 Å². The van der Waals surface area contributed by atoms with Gasteiger partial charge >= 0.3 is 5.76 Å². The SMILES string of the molecule is O=S(=O)(c1nc2n(n1)[C@H](c1cccc(F)c1F)C[C@@H]2F)C(F)F. The maximum absolute atomic E-state index is 14.0. The van der Waals surface area contributed by atoms with Crippen molar-refractivity contribution in [2.45, 2.75) is 29.5 Å². The number of fused-ring (bicyclic) bond motifs is 1. The smallest absolute Gasteiger partial charge is 0.239 e. The first-order valence-electron chi connectivity index (χ1n) is 6.30. The minimum absolute atomic E-state index is 0.266. The summed E-state index contributed by atoms with van der Waals surface area (Å²) in [6.07, 6.45) is -2.19. The first-order valence-corrected chi connectivity index (χ1v) is 7.84. The van der Waals surface area contributed by atoms with Gasteiger partial charge in [-0.3, -0.25) is 0 Å². The maximum Gasteiger partial charge on any atom is 0.344 e. The molecule has 11 heteroatoms. The molecule has 3 rings (SSSR count). The molecule has 23 heavy (non-hydrogen) atoms. The Balaban J connectivity index is 2.11. The van der Waals surface area contributed by atoms with Crippen LogP contribution in [-0.2, 0) is 9.84 Å². The lowest BCUT2D eigenvalue weighted by atomic mass is 10.0. The second kappa shape index (κ2) is 5.25. The number of alkyl halides is 3. The van der Waals surface area contributed by atoms with E-state index in [1.165, 1.54) is 12.1 Å². The van der Waals surface area contributed by atoms with Crippen molar-refractivity contribution in [3.63, 3.8) is 0 Å². The third-order valence-corrected chi connectivity index (χ3v) is 4.62. The van der Waals surface area contributed by atoms with E-state index < -0.39 is 50.4 Å². The van der Waals surface area contributed by atoms with Crippen molar-refractivity contribution in [3.8, 4) is 0 Å². The Morgan fingerprint density at radius 2 is 1.96 bits per heavy atom. The summed E-state index contributed by atoms with van der Waals surface area (Å²) in [6.45, 7) is 0. The lowest BCUT2D eigenvalue weighted by Gasteiger charge is -2.13. The van der Waals surface area contributed by atoms with Crippen LogP contribution in [0.5, 0.6) is 0 Å². The van der Waals surface area contributed by atoms with Gasteiger partial charge in [-0.25, -0.2) is 26.3 Å². The Hall–Kier alpha value is -2.04. The Kier molecular flexibility index (Phi) is 3.62. The monoisotopic (exact) mass is 353 g/mol. The zero-order valence-corrected chi connectivity index (χ0v) is 11.9. The van der Waals surface area contributed by atoms with Gasteiger partial charge in [-0.1, -0.05) is 12.1 Å². The van der Waals surface area contributed by atoms with E-state index in [4.69, 9.17) is 0 Å². The van der Waals surface area contributed by atoms with Gasteiger partial charge in [-0.15, -0.1) is 5.10 Å². The largest absolute Gasteiger partial charge is 0.344 e. The quantitative estimate of drug-likeness (QED) is 0.796. The van der Waals surface area contributed by atoms with Crippen LogP contribution in [-0.4, -0.2) is 28.9 Å². The molecule has 1 aromatic carbocycles. The minimum atomic E-state index is -5.11. The summed E-state index contributed by atoms with van der Waals surface area (Å²) in [5.74, 6) is -6.70. The molecule has 0 unspecified atom stereocenters. The van der Waals surface area contributed by atoms with E-state index in [0.717, 1.165) is 6.07 Å². The molecule has 0 saturated carbocycles. The molecule has 0 N–H and O–H groups in total. The van der Waals surface area contributed by atoms with Crippen LogP contribution in [0.4, 0.5) is 22.0 Å². The normalized spacial score (nSPS) is 21.0. The summed E-state index contributed by atoms with van der Waals surface area (Å²) in [5.41, 5.74) is -0.266. The van der Waals surface area contributed by atoms with Crippen molar-refractivity contribution in [1.29, 1.82) is 0 Å². The topological polar surface area (TPSA) is 64.8 Å². The number of sulfone groups is 1.